The number of H-pyrrole nitrogens is 1. The second kappa shape index (κ2) is 15.0. The van der Waals surface area contributed by atoms with Crippen LogP contribution in [0.3, 0.4) is 0 Å². The van der Waals surface area contributed by atoms with Gasteiger partial charge in [0.1, 0.15) is 18.1 Å². The second-order valence-electron chi connectivity index (χ2n) is 8.70. The molecule has 4 atom stereocenters. The molecule has 1 aromatic heterocycles. The minimum atomic E-state index is -1.59. The number of hydrogen-bond donors (Lipinski definition) is 9. The average molecular weight is 525 g/mol. The molecule has 4 amide bonds. The topological polar surface area (TPSA) is 287 Å². The van der Waals surface area contributed by atoms with Crippen LogP contribution in [0.1, 0.15) is 38.8 Å². The molecule has 0 radical (unpaired) electrons. The number of rotatable bonds is 16. The molecule has 0 aromatic carbocycles. The van der Waals surface area contributed by atoms with Crippen molar-refractivity contribution >= 4 is 35.6 Å². The number of primary amides is 1. The van der Waals surface area contributed by atoms with E-state index in [0.717, 1.165) is 0 Å². The molecule has 4 unspecified atom stereocenters. The Bertz CT molecular complexity index is 961. The van der Waals surface area contributed by atoms with Gasteiger partial charge in [0.15, 0.2) is 5.96 Å². The summed E-state index contributed by atoms with van der Waals surface area (Å²) in [4.78, 5) is 71.7. The average Bonchev–Trinajstić information content (AvgIpc) is 3.31. The van der Waals surface area contributed by atoms with Gasteiger partial charge in [-0.3, -0.25) is 24.2 Å². The first-order valence-corrected chi connectivity index (χ1v) is 11.5. The lowest BCUT2D eigenvalue weighted by atomic mass is 10.0. The molecule has 1 rings (SSSR count). The number of hydrogen-bond acceptors (Lipinski definition) is 8. The summed E-state index contributed by atoms with van der Waals surface area (Å²) in [5, 5.41) is 16.6. The van der Waals surface area contributed by atoms with E-state index in [2.05, 4.69) is 30.9 Å². The van der Waals surface area contributed by atoms with Crippen LogP contribution in [0, 0.1) is 5.92 Å². The molecule has 0 aliphatic heterocycles. The fourth-order valence-electron chi connectivity index (χ4n) is 3.21. The summed E-state index contributed by atoms with van der Waals surface area (Å²) in [6.07, 6.45) is 2.77. The van der Waals surface area contributed by atoms with Crippen LogP contribution < -0.4 is 38.9 Å². The highest BCUT2D eigenvalue weighted by Crippen LogP contribution is 2.07. The third kappa shape index (κ3) is 11.4. The first-order chi connectivity index (χ1) is 17.3. The van der Waals surface area contributed by atoms with Gasteiger partial charge in [-0.05, 0) is 18.8 Å². The van der Waals surface area contributed by atoms with Crippen LogP contribution in [0.2, 0.25) is 0 Å². The monoisotopic (exact) mass is 524 g/mol. The van der Waals surface area contributed by atoms with E-state index in [4.69, 9.17) is 22.9 Å². The molecule has 37 heavy (non-hydrogen) atoms. The molecule has 0 saturated heterocycles. The first kappa shape index (κ1) is 30.8. The van der Waals surface area contributed by atoms with Crippen molar-refractivity contribution in [2.45, 2.75) is 63.7 Å². The lowest BCUT2D eigenvalue weighted by molar-refractivity contribution is -0.143. The SMILES string of the molecule is CC(C)C(NC(=O)C(N)CCCN=C(N)N)C(=O)NC(Cc1cnc[nH]1)C(=O)NC(CC(N)=O)C(=O)O. The quantitative estimate of drug-likeness (QED) is 0.0581. The Hall–Kier alpha value is -4.21. The second-order valence-corrected chi connectivity index (χ2v) is 8.70. The van der Waals surface area contributed by atoms with Gasteiger partial charge < -0.3 is 49.0 Å². The summed E-state index contributed by atoms with van der Waals surface area (Å²) < 4.78 is 0. The summed E-state index contributed by atoms with van der Waals surface area (Å²) in [7, 11) is 0. The third-order valence-electron chi connectivity index (χ3n) is 5.18. The number of aliphatic carboxylic acids is 1. The molecule has 0 aliphatic carbocycles. The van der Waals surface area contributed by atoms with Gasteiger partial charge in [-0.1, -0.05) is 13.8 Å². The van der Waals surface area contributed by atoms with Crippen molar-refractivity contribution in [2.24, 2.45) is 33.8 Å². The van der Waals surface area contributed by atoms with Crippen LogP contribution in [0.4, 0.5) is 0 Å². The summed E-state index contributed by atoms with van der Waals surface area (Å²) in [6, 6.07) is -4.86. The van der Waals surface area contributed by atoms with Crippen molar-refractivity contribution in [2.75, 3.05) is 6.54 Å². The smallest absolute Gasteiger partial charge is 0.326 e. The van der Waals surface area contributed by atoms with Gasteiger partial charge in [0.05, 0.1) is 18.8 Å². The fourth-order valence-corrected chi connectivity index (χ4v) is 3.21. The molecular weight excluding hydrogens is 488 g/mol. The maximum Gasteiger partial charge on any atom is 0.326 e. The molecule has 16 nitrogen and oxygen atoms in total. The van der Waals surface area contributed by atoms with E-state index in [1.54, 1.807) is 13.8 Å². The molecule has 0 bridgehead atoms. The number of imidazole rings is 1. The number of aromatic amines is 1. The van der Waals surface area contributed by atoms with E-state index in [1.807, 2.05) is 0 Å². The Labute approximate surface area is 213 Å². The molecule has 0 aliphatic rings. The highest BCUT2D eigenvalue weighted by molar-refractivity contribution is 5.95. The molecule has 1 heterocycles. The van der Waals surface area contributed by atoms with E-state index in [9.17, 15) is 29.1 Å². The zero-order valence-corrected chi connectivity index (χ0v) is 20.8. The fraction of sp³-hybridized carbons (Fsp3) is 0.571. The highest BCUT2D eigenvalue weighted by atomic mass is 16.4. The number of carboxylic acids is 1. The number of nitrogens with zero attached hydrogens (tertiary/aromatic N) is 2. The zero-order chi connectivity index (χ0) is 28.1. The molecule has 0 fully saturated rings. The van der Waals surface area contributed by atoms with Crippen LogP contribution >= 0.6 is 0 Å². The number of aromatic nitrogens is 2. The first-order valence-electron chi connectivity index (χ1n) is 11.5. The molecule has 13 N–H and O–H groups in total. The van der Waals surface area contributed by atoms with Gasteiger partial charge in [-0.25, -0.2) is 9.78 Å². The van der Waals surface area contributed by atoms with Gasteiger partial charge in [0.2, 0.25) is 23.6 Å². The van der Waals surface area contributed by atoms with Crippen molar-refractivity contribution in [3.05, 3.63) is 18.2 Å². The van der Waals surface area contributed by atoms with E-state index in [0.29, 0.717) is 12.1 Å². The highest BCUT2D eigenvalue weighted by Gasteiger charge is 2.32. The van der Waals surface area contributed by atoms with Gasteiger partial charge in [0.25, 0.3) is 0 Å². The number of nitrogens with one attached hydrogen (secondary N) is 4. The van der Waals surface area contributed by atoms with Crippen molar-refractivity contribution in [3.63, 3.8) is 0 Å². The lowest BCUT2D eigenvalue weighted by Gasteiger charge is -2.26. The van der Waals surface area contributed by atoms with Gasteiger partial charge in [0, 0.05) is 24.9 Å². The molecule has 16 heteroatoms. The maximum absolute atomic E-state index is 13.1. The number of aliphatic imine (C=N–C) groups is 1. The van der Waals surface area contributed by atoms with Crippen molar-refractivity contribution < 1.29 is 29.1 Å². The summed E-state index contributed by atoms with van der Waals surface area (Å²) in [6.45, 7) is 3.66. The summed E-state index contributed by atoms with van der Waals surface area (Å²) in [5.41, 5.74) is 22.0. The number of amides is 4. The van der Waals surface area contributed by atoms with E-state index < -0.39 is 66.1 Å². The number of carboxylic acid groups (broad SMARTS) is 1. The normalized spacial score (nSPS) is 14.1. The van der Waals surface area contributed by atoms with Gasteiger partial charge >= 0.3 is 5.97 Å². The van der Waals surface area contributed by atoms with Crippen LogP contribution in [-0.2, 0) is 30.4 Å². The number of nitrogens with two attached hydrogens (primary N) is 4. The number of carbonyl (C=O) groups excluding carboxylic acids is 4. The molecule has 206 valence electrons. The minimum absolute atomic E-state index is 0.0763. The van der Waals surface area contributed by atoms with Crippen LogP contribution in [0.15, 0.2) is 17.5 Å². The Morgan fingerprint density at radius 2 is 1.68 bits per heavy atom. The van der Waals surface area contributed by atoms with E-state index in [1.165, 1.54) is 12.5 Å². The van der Waals surface area contributed by atoms with Crippen LogP contribution in [-0.4, -0.2) is 81.3 Å². The number of carbonyl (C=O) groups is 5. The van der Waals surface area contributed by atoms with Crippen molar-refractivity contribution in [1.82, 2.24) is 25.9 Å². The molecule has 0 spiro atoms. The van der Waals surface area contributed by atoms with Gasteiger partial charge in [-0.15, -0.1) is 0 Å². The van der Waals surface area contributed by atoms with Crippen LogP contribution in [0.5, 0.6) is 0 Å². The standard InChI is InChI=1S/C21H36N10O6/c1-10(2)16(31-17(33)12(22)4-3-5-27-21(24)25)19(35)29-13(6-11-8-26-9-28-11)18(34)30-14(20(36)37)7-15(23)32/h8-10,12-14,16H,3-7,22H2,1-2H3,(H2,23,32)(H,26,28)(H,29,35)(H,30,34)(H,31,33)(H,36,37)(H4,24,25,27). The van der Waals surface area contributed by atoms with Crippen molar-refractivity contribution in [1.29, 1.82) is 0 Å². The Balaban J connectivity index is 2.95. The predicted octanol–water partition coefficient (Wildman–Crippen LogP) is -3.60. The Morgan fingerprint density at radius 3 is 2.19 bits per heavy atom. The lowest BCUT2D eigenvalue weighted by Crippen LogP contribution is -2.59. The molecule has 1 aromatic rings. The Kier molecular flexibility index (Phi) is 12.5. The summed E-state index contributed by atoms with van der Waals surface area (Å²) in [5.74, 6) is -5.03. The third-order valence-corrected chi connectivity index (χ3v) is 5.18. The predicted molar refractivity (Wildman–Crippen MR) is 132 cm³/mol. The van der Waals surface area contributed by atoms with E-state index >= 15 is 0 Å². The largest absolute Gasteiger partial charge is 0.480 e. The maximum atomic E-state index is 13.1. The molecular formula is C21H36N10O6. The van der Waals surface area contributed by atoms with E-state index in [-0.39, 0.29) is 25.3 Å². The minimum Gasteiger partial charge on any atom is -0.480 e. The van der Waals surface area contributed by atoms with Crippen molar-refractivity contribution in [3.8, 4) is 0 Å². The molecule has 0 saturated carbocycles. The van der Waals surface area contributed by atoms with Crippen LogP contribution in [0.25, 0.3) is 0 Å². The zero-order valence-electron chi connectivity index (χ0n) is 20.8. The van der Waals surface area contributed by atoms with Gasteiger partial charge in [-0.2, -0.15) is 0 Å². The Morgan fingerprint density at radius 1 is 1.03 bits per heavy atom. The summed E-state index contributed by atoms with van der Waals surface area (Å²) >= 11 is 0. The number of guanidine groups is 1.